The van der Waals surface area contributed by atoms with Crippen LogP contribution in [0.25, 0.3) is 0 Å². The van der Waals surface area contributed by atoms with E-state index in [-0.39, 0.29) is 12.6 Å². The van der Waals surface area contributed by atoms with Crippen LogP contribution in [0.3, 0.4) is 0 Å². The fourth-order valence-electron chi connectivity index (χ4n) is 3.19. The highest BCUT2D eigenvalue weighted by Crippen LogP contribution is 2.35. The molecule has 0 spiro atoms. The first-order chi connectivity index (χ1) is 11.6. The number of fused-ring (bicyclic) bond motifs is 2. The lowest BCUT2D eigenvalue weighted by molar-refractivity contribution is -0.168. The summed E-state index contributed by atoms with van der Waals surface area (Å²) in [5.41, 5.74) is 0.469. The normalized spacial score (nSPS) is 32.2. The monoisotopic (exact) mass is 354 g/mol. The fourth-order valence-corrected chi connectivity index (χ4v) is 3.33. The Morgan fingerprint density at radius 3 is 3.08 bits per heavy atom. The molecule has 2 bridgehead atoms. The van der Waals surface area contributed by atoms with Crippen LogP contribution in [0.2, 0.25) is 5.02 Å². The van der Waals surface area contributed by atoms with E-state index in [0.717, 1.165) is 6.20 Å². The molecule has 128 valence electrons. The third-order valence-corrected chi connectivity index (χ3v) is 4.59. The topological polar surface area (TPSA) is 81.4 Å². The Bertz CT molecular complexity index is 730. The first-order valence-corrected chi connectivity index (χ1v) is 7.98. The van der Waals surface area contributed by atoms with Crippen LogP contribution in [0, 0.1) is 5.82 Å². The Kier molecular flexibility index (Phi) is 4.23. The van der Waals surface area contributed by atoms with Gasteiger partial charge in [-0.3, -0.25) is 9.67 Å². The smallest absolute Gasteiger partial charge is 0.183 e. The number of hydrogen-bond donors (Lipinski definition) is 2. The molecule has 2 aliphatic rings. The maximum absolute atomic E-state index is 13.7. The minimum Gasteiger partial charge on any atom is -0.389 e. The second-order valence-electron chi connectivity index (χ2n) is 5.87. The Labute approximate surface area is 142 Å². The van der Waals surface area contributed by atoms with Crippen molar-refractivity contribution in [1.29, 1.82) is 0 Å². The summed E-state index contributed by atoms with van der Waals surface area (Å²) in [4.78, 5) is 3.73. The molecule has 0 amide bonds. The summed E-state index contributed by atoms with van der Waals surface area (Å²) in [5.74, 6) is -0.396. The van der Waals surface area contributed by atoms with E-state index in [1.54, 1.807) is 16.9 Å². The molecule has 0 unspecified atom stereocenters. The second-order valence-corrected chi connectivity index (χ2v) is 6.31. The molecule has 2 saturated heterocycles. The van der Waals surface area contributed by atoms with Gasteiger partial charge in [0, 0.05) is 24.5 Å². The molecule has 2 aliphatic heterocycles. The Hall–Kier alpha value is -1.58. The fraction of sp³-hybridized carbons (Fsp3) is 0.467. The van der Waals surface area contributed by atoms with Crippen molar-refractivity contribution >= 4 is 11.6 Å². The summed E-state index contributed by atoms with van der Waals surface area (Å²) in [6, 6.07) is 0.636. The second kappa shape index (κ2) is 6.38. The minimum atomic E-state index is -0.822. The van der Waals surface area contributed by atoms with E-state index in [0.29, 0.717) is 17.2 Å². The minimum absolute atomic E-state index is 0.243. The molecule has 0 radical (unpaired) electrons. The number of nitrogens with one attached hydrogen (secondary N) is 1. The van der Waals surface area contributed by atoms with Gasteiger partial charge in [0.05, 0.1) is 36.2 Å². The van der Waals surface area contributed by atoms with Crippen LogP contribution in [0.15, 0.2) is 30.9 Å². The number of hydrogen-bond acceptors (Lipinski definition) is 6. The van der Waals surface area contributed by atoms with Crippen molar-refractivity contribution in [3.8, 4) is 0 Å². The largest absolute Gasteiger partial charge is 0.389 e. The summed E-state index contributed by atoms with van der Waals surface area (Å²) in [6.45, 7) is 0.594. The van der Waals surface area contributed by atoms with Crippen molar-refractivity contribution < 1.29 is 19.0 Å². The van der Waals surface area contributed by atoms with Gasteiger partial charge in [0.25, 0.3) is 0 Å². The maximum atomic E-state index is 13.7. The zero-order chi connectivity index (χ0) is 16.7. The Morgan fingerprint density at radius 2 is 2.33 bits per heavy atom. The van der Waals surface area contributed by atoms with Crippen molar-refractivity contribution in [3.63, 3.8) is 0 Å². The average molecular weight is 355 g/mol. The number of aliphatic hydroxyl groups excluding tert-OH is 1. The molecule has 2 aromatic heterocycles. The van der Waals surface area contributed by atoms with Gasteiger partial charge >= 0.3 is 0 Å². The highest BCUT2D eigenvalue weighted by atomic mass is 35.5. The zero-order valence-corrected chi connectivity index (χ0v) is 13.3. The van der Waals surface area contributed by atoms with Crippen molar-refractivity contribution in [2.24, 2.45) is 0 Å². The number of pyridine rings is 1. The predicted molar refractivity (Wildman–Crippen MR) is 81.7 cm³/mol. The van der Waals surface area contributed by atoms with Crippen LogP contribution in [0.5, 0.6) is 0 Å². The Balaban J connectivity index is 1.53. The molecule has 5 atom stereocenters. The van der Waals surface area contributed by atoms with Crippen LogP contribution >= 0.6 is 11.6 Å². The van der Waals surface area contributed by atoms with Gasteiger partial charge in [-0.15, -0.1) is 0 Å². The first kappa shape index (κ1) is 15.9. The van der Waals surface area contributed by atoms with Gasteiger partial charge in [0.15, 0.2) is 6.29 Å². The van der Waals surface area contributed by atoms with E-state index >= 15 is 0 Å². The zero-order valence-electron chi connectivity index (χ0n) is 12.5. The third-order valence-electron chi connectivity index (χ3n) is 4.39. The van der Waals surface area contributed by atoms with E-state index in [1.165, 1.54) is 12.4 Å². The number of aromatic nitrogens is 3. The molecule has 0 aliphatic carbocycles. The first-order valence-electron chi connectivity index (χ1n) is 7.60. The summed E-state index contributed by atoms with van der Waals surface area (Å²) in [6.07, 6.45) is 4.07. The molecule has 4 rings (SSSR count). The van der Waals surface area contributed by atoms with Gasteiger partial charge < -0.3 is 19.9 Å². The van der Waals surface area contributed by atoms with Crippen molar-refractivity contribution in [1.82, 2.24) is 20.1 Å². The van der Waals surface area contributed by atoms with Gasteiger partial charge in [-0.1, -0.05) is 11.6 Å². The van der Waals surface area contributed by atoms with Crippen LogP contribution in [-0.4, -0.2) is 51.0 Å². The van der Waals surface area contributed by atoms with E-state index < -0.39 is 30.3 Å². The van der Waals surface area contributed by atoms with Crippen LogP contribution < -0.4 is 5.32 Å². The highest BCUT2D eigenvalue weighted by molar-refractivity contribution is 6.30. The van der Waals surface area contributed by atoms with Crippen molar-refractivity contribution in [2.75, 3.05) is 6.61 Å². The van der Waals surface area contributed by atoms with Gasteiger partial charge in [-0.2, -0.15) is 5.10 Å². The molecule has 2 N–H and O–H groups in total. The third kappa shape index (κ3) is 2.80. The SMILES string of the molecule is O[C@H]1[C@H](NCc2ccncc2F)[C@H]2CO[C@H](O2)[C@@H]1n1cc(Cl)cn1. The lowest BCUT2D eigenvalue weighted by Gasteiger charge is -2.38. The molecular weight excluding hydrogens is 339 g/mol. The number of ether oxygens (including phenoxy) is 2. The lowest BCUT2D eigenvalue weighted by atomic mass is 9.96. The van der Waals surface area contributed by atoms with Crippen LogP contribution in [0.4, 0.5) is 4.39 Å². The van der Waals surface area contributed by atoms with Crippen molar-refractivity contribution in [2.45, 2.75) is 37.1 Å². The molecule has 0 aromatic carbocycles. The van der Waals surface area contributed by atoms with Gasteiger partial charge in [-0.25, -0.2) is 4.39 Å². The van der Waals surface area contributed by atoms with E-state index in [1.807, 2.05) is 0 Å². The number of nitrogens with zero attached hydrogens (tertiary/aromatic N) is 3. The molecule has 2 aromatic rings. The van der Waals surface area contributed by atoms with E-state index in [2.05, 4.69) is 15.4 Å². The molecule has 0 saturated carbocycles. The summed E-state index contributed by atoms with van der Waals surface area (Å²) in [5, 5.41) is 18.6. The molecule has 4 heterocycles. The molecule has 24 heavy (non-hydrogen) atoms. The molecular formula is C15H16ClFN4O3. The summed E-state index contributed by atoms with van der Waals surface area (Å²) < 4.78 is 26.7. The number of halogens is 2. The van der Waals surface area contributed by atoms with Crippen LogP contribution in [0.1, 0.15) is 11.6 Å². The highest BCUT2D eigenvalue weighted by Gasteiger charge is 2.51. The lowest BCUT2D eigenvalue weighted by Crippen LogP contribution is -2.57. The maximum Gasteiger partial charge on any atom is 0.183 e. The summed E-state index contributed by atoms with van der Waals surface area (Å²) >= 11 is 5.91. The van der Waals surface area contributed by atoms with E-state index in [4.69, 9.17) is 21.1 Å². The van der Waals surface area contributed by atoms with Crippen LogP contribution in [-0.2, 0) is 16.0 Å². The average Bonchev–Trinajstić information content (AvgIpc) is 3.17. The van der Waals surface area contributed by atoms with Gasteiger partial charge in [-0.05, 0) is 6.07 Å². The molecule has 9 heteroatoms. The van der Waals surface area contributed by atoms with Gasteiger partial charge in [0.1, 0.15) is 18.0 Å². The number of rotatable bonds is 4. The Morgan fingerprint density at radius 1 is 1.46 bits per heavy atom. The quantitative estimate of drug-likeness (QED) is 0.848. The number of aliphatic hydroxyl groups is 1. The predicted octanol–water partition coefficient (Wildman–Crippen LogP) is 0.886. The summed E-state index contributed by atoms with van der Waals surface area (Å²) in [7, 11) is 0. The molecule has 2 fully saturated rings. The van der Waals surface area contributed by atoms with Crippen molar-refractivity contribution in [3.05, 3.63) is 47.3 Å². The molecule has 7 nitrogen and oxygen atoms in total. The van der Waals surface area contributed by atoms with E-state index in [9.17, 15) is 9.50 Å². The van der Waals surface area contributed by atoms with Gasteiger partial charge in [0.2, 0.25) is 0 Å². The standard InChI is InChI=1S/C15H16ClFN4O3/c16-9-4-20-21(6-9)13-14(22)12(11-7-23-15(13)24-11)19-3-8-1-2-18-5-10(8)17/h1-2,4-6,11-15,19,22H,3,7H2/t11-,12-,13-,14+,15-/m1/s1.